The fourth-order valence-electron chi connectivity index (χ4n) is 2.45. The zero-order valence-corrected chi connectivity index (χ0v) is 12.3. The Labute approximate surface area is 122 Å². The lowest BCUT2D eigenvalue weighted by molar-refractivity contribution is -0.131. The van der Waals surface area contributed by atoms with Crippen molar-refractivity contribution in [2.45, 2.75) is 38.6 Å². The summed E-state index contributed by atoms with van der Waals surface area (Å²) in [7, 11) is 0. The molecule has 0 saturated heterocycles. The minimum atomic E-state index is -1.01. The summed E-state index contributed by atoms with van der Waals surface area (Å²) < 4.78 is 0. The summed E-state index contributed by atoms with van der Waals surface area (Å²) in [6.07, 6.45) is 6.89. The van der Waals surface area contributed by atoms with Crippen LogP contribution < -0.4 is 5.32 Å². The molecule has 2 rings (SSSR count). The zero-order chi connectivity index (χ0) is 14.5. The van der Waals surface area contributed by atoms with E-state index in [-0.39, 0.29) is 11.9 Å². The number of carbonyl (C=O) groups is 2. The summed E-state index contributed by atoms with van der Waals surface area (Å²) in [5, 5.41) is 13.5. The molecule has 108 valence electrons. The van der Waals surface area contributed by atoms with E-state index in [1.54, 1.807) is 11.4 Å². The van der Waals surface area contributed by atoms with Crippen molar-refractivity contribution in [2.24, 2.45) is 5.92 Å². The van der Waals surface area contributed by atoms with Gasteiger partial charge in [-0.3, -0.25) is 4.79 Å². The number of carboxylic acid groups (broad SMARTS) is 1. The largest absolute Gasteiger partial charge is 0.478 e. The topological polar surface area (TPSA) is 66.4 Å². The second-order valence-electron chi connectivity index (χ2n) is 5.31. The van der Waals surface area contributed by atoms with Crippen LogP contribution in [0.25, 0.3) is 6.08 Å². The average molecular weight is 293 g/mol. The summed E-state index contributed by atoms with van der Waals surface area (Å²) >= 11 is 1.34. The van der Waals surface area contributed by atoms with Gasteiger partial charge in [-0.05, 0) is 54.7 Å². The van der Waals surface area contributed by atoms with E-state index >= 15 is 0 Å². The van der Waals surface area contributed by atoms with E-state index < -0.39 is 5.97 Å². The number of carboxylic acids is 1. The maximum absolute atomic E-state index is 12.2. The Morgan fingerprint density at radius 3 is 2.70 bits per heavy atom. The highest BCUT2D eigenvalue weighted by atomic mass is 32.1. The third-order valence-electron chi connectivity index (χ3n) is 3.66. The summed E-state index contributed by atoms with van der Waals surface area (Å²) in [5.74, 6) is -0.354. The van der Waals surface area contributed by atoms with E-state index in [4.69, 9.17) is 5.11 Å². The van der Waals surface area contributed by atoms with Crippen LogP contribution in [0.3, 0.4) is 0 Å². The van der Waals surface area contributed by atoms with Crippen LogP contribution in [0.1, 0.15) is 47.8 Å². The molecule has 0 atom stereocenters. The van der Waals surface area contributed by atoms with Gasteiger partial charge < -0.3 is 10.4 Å². The van der Waals surface area contributed by atoms with E-state index in [9.17, 15) is 9.59 Å². The molecule has 0 aliphatic heterocycles. The molecule has 0 radical (unpaired) electrons. The number of thiophene rings is 1. The predicted octanol–water partition coefficient (Wildman–Crippen LogP) is 3.15. The SMILES string of the molecule is CC1CCC(NC(=O)c2sccc2/C=C/C(=O)O)CC1. The van der Waals surface area contributed by atoms with Gasteiger partial charge in [-0.15, -0.1) is 11.3 Å². The van der Waals surface area contributed by atoms with Gasteiger partial charge in [0, 0.05) is 12.1 Å². The minimum Gasteiger partial charge on any atom is -0.478 e. The third kappa shape index (κ3) is 3.93. The van der Waals surface area contributed by atoms with Gasteiger partial charge in [-0.2, -0.15) is 0 Å². The van der Waals surface area contributed by atoms with Gasteiger partial charge in [0.05, 0.1) is 4.88 Å². The highest BCUT2D eigenvalue weighted by Gasteiger charge is 2.21. The lowest BCUT2D eigenvalue weighted by atomic mass is 9.87. The molecule has 1 saturated carbocycles. The summed E-state index contributed by atoms with van der Waals surface area (Å²) in [6, 6.07) is 2.01. The van der Waals surface area contributed by atoms with Crippen molar-refractivity contribution in [3.63, 3.8) is 0 Å². The molecular formula is C15H19NO3S. The van der Waals surface area contributed by atoms with Crippen LogP contribution in [0.15, 0.2) is 17.5 Å². The molecule has 4 nitrogen and oxygen atoms in total. The Kier molecular flexibility index (Phi) is 4.95. The zero-order valence-electron chi connectivity index (χ0n) is 11.5. The maximum atomic E-state index is 12.2. The molecule has 1 aromatic rings. The van der Waals surface area contributed by atoms with Crippen molar-refractivity contribution >= 4 is 29.3 Å². The van der Waals surface area contributed by atoms with Gasteiger partial charge in [0.15, 0.2) is 0 Å². The van der Waals surface area contributed by atoms with Crippen molar-refractivity contribution in [3.05, 3.63) is 28.0 Å². The third-order valence-corrected chi connectivity index (χ3v) is 4.59. The van der Waals surface area contributed by atoms with Crippen LogP contribution in [0, 0.1) is 5.92 Å². The quantitative estimate of drug-likeness (QED) is 0.838. The Hall–Kier alpha value is -1.62. The first-order chi connectivity index (χ1) is 9.56. The number of hydrogen-bond donors (Lipinski definition) is 2. The molecule has 1 amide bonds. The minimum absolute atomic E-state index is 0.0930. The molecule has 1 aromatic heterocycles. The van der Waals surface area contributed by atoms with Crippen molar-refractivity contribution in [3.8, 4) is 0 Å². The Morgan fingerprint density at radius 2 is 2.05 bits per heavy atom. The fourth-order valence-corrected chi connectivity index (χ4v) is 3.24. The Balaban J connectivity index is 1.99. The molecule has 5 heteroatoms. The van der Waals surface area contributed by atoms with Crippen molar-refractivity contribution < 1.29 is 14.7 Å². The Morgan fingerprint density at radius 1 is 1.35 bits per heavy atom. The van der Waals surface area contributed by atoms with E-state index in [1.165, 1.54) is 17.4 Å². The molecule has 0 aromatic carbocycles. The first kappa shape index (κ1) is 14.8. The fraction of sp³-hybridized carbons (Fsp3) is 0.467. The number of aliphatic carboxylic acids is 1. The maximum Gasteiger partial charge on any atom is 0.328 e. The summed E-state index contributed by atoms with van der Waals surface area (Å²) in [4.78, 5) is 23.4. The second-order valence-corrected chi connectivity index (χ2v) is 6.22. The van der Waals surface area contributed by atoms with Crippen LogP contribution in [-0.2, 0) is 4.79 Å². The van der Waals surface area contributed by atoms with Gasteiger partial charge in [0.2, 0.25) is 0 Å². The number of hydrogen-bond acceptors (Lipinski definition) is 3. The first-order valence-corrected chi connectivity index (χ1v) is 7.73. The molecule has 0 unspecified atom stereocenters. The Bertz CT molecular complexity index is 513. The number of amides is 1. The van der Waals surface area contributed by atoms with Crippen molar-refractivity contribution in [1.82, 2.24) is 5.32 Å². The molecule has 2 N–H and O–H groups in total. The molecule has 1 aliphatic rings. The van der Waals surface area contributed by atoms with Crippen LogP contribution in [0.4, 0.5) is 0 Å². The van der Waals surface area contributed by atoms with Gasteiger partial charge in [-0.1, -0.05) is 6.92 Å². The van der Waals surface area contributed by atoms with Crippen LogP contribution >= 0.6 is 11.3 Å². The molecular weight excluding hydrogens is 274 g/mol. The normalized spacial score (nSPS) is 22.9. The van der Waals surface area contributed by atoms with Gasteiger partial charge in [-0.25, -0.2) is 4.79 Å². The van der Waals surface area contributed by atoms with E-state index in [2.05, 4.69) is 12.2 Å². The molecule has 1 heterocycles. The van der Waals surface area contributed by atoms with E-state index in [0.717, 1.165) is 37.7 Å². The smallest absolute Gasteiger partial charge is 0.328 e. The highest BCUT2D eigenvalue weighted by molar-refractivity contribution is 7.12. The average Bonchev–Trinajstić information content (AvgIpc) is 2.87. The van der Waals surface area contributed by atoms with E-state index in [0.29, 0.717) is 10.4 Å². The lowest BCUT2D eigenvalue weighted by Gasteiger charge is -2.26. The van der Waals surface area contributed by atoms with E-state index in [1.807, 2.05) is 0 Å². The standard InChI is InChI=1S/C15H19NO3S/c1-10-2-5-12(6-3-10)16-15(19)14-11(8-9-20-14)4-7-13(17)18/h4,7-10,12H,2-3,5-6H2,1H3,(H,16,19)(H,17,18)/b7-4+. The molecule has 20 heavy (non-hydrogen) atoms. The summed E-state index contributed by atoms with van der Waals surface area (Å²) in [6.45, 7) is 2.24. The molecule has 0 bridgehead atoms. The van der Waals surface area contributed by atoms with Crippen LogP contribution in [0.2, 0.25) is 0 Å². The lowest BCUT2D eigenvalue weighted by Crippen LogP contribution is -2.37. The van der Waals surface area contributed by atoms with Gasteiger partial charge in [0.25, 0.3) is 5.91 Å². The molecule has 0 spiro atoms. The van der Waals surface area contributed by atoms with Crippen molar-refractivity contribution in [1.29, 1.82) is 0 Å². The number of nitrogens with one attached hydrogen (secondary N) is 1. The first-order valence-electron chi connectivity index (χ1n) is 6.85. The number of carbonyl (C=O) groups excluding carboxylic acids is 1. The predicted molar refractivity (Wildman–Crippen MR) is 79.9 cm³/mol. The molecule has 1 fully saturated rings. The second kappa shape index (κ2) is 6.70. The highest BCUT2D eigenvalue weighted by Crippen LogP contribution is 2.24. The number of rotatable bonds is 4. The summed E-state index contributed by atoms with van der Waals surface area (Å²) in [5.41, 5.74) is 0.666. The van der Waals surface area contributed by atoms with Crippen molar-refractivity contribution in [2.75, 3.05) is 0 Å². The molecule has 1 aliphatic carbocycles. The van der Waals surface area contributed by atoms with Crippen LogP contribution in [0.5, 0.6) is 0 Å². The monoisotopic (exact) mass is 293 g/mol. The van der Waals surface area contributed by atoms with Gasteiger partial charge in [0.1, 0.15) is 0 Å². The van der Waals surface area contributed by atoms with Gasteiger partial charge >= 0.3 is 5.97 Å². The van der Waals surface area contributed by atoms with Crippen LogP contribution in [-0.4, -0.2) is 23.0 Å².